The van der Waals surface area contributed by atoms with E-state index in [0.29, 0.717) is 37.7 Å². The van der Waals surface area contributed by atoms with Crippen molar-refractivity contribution in [3.05, 3.63) is 68.9 Å². The van der Waals surface area contributed by atoms with Crippen LogP contribution in [0.4, 0.5) is 5.69 Å². The van der Waals surface area contributed by atoms with Gasteiger partial charge in [-0.2, -0.15) is 15.5 Å². The summed E-state index contributed by atoms with van der Waals surface area (Å²) in [6, 6.07) is 9.80. The third-order valence-corrected chi connectivity index (χ3v) is 7.95. The molecule has 5 heterocycles. The molecule has 0 amide bonds. The molecule has 10 nitrogen and oxygen atoms in total. The number of aryl methyl sites for hydroxylation is 1. The van der Waals surface area contributed by atoms with Gasteiger partial charge in [-0.15, -0.1) is 4.80 Å². The normalized spacial score (nSPS) is 18.1. The van der Waals surface area contributed by atoms with Crippen LogP contribution < -0.4 is 15.2 Å². The number of benzene rings is 1. The van der Waals surface area contributed by atoms with Crippen molar-refractivity contribution in [3.63, 3.8) is 0 Å². The number of aromatic nitrogens is 5. The first-order valence-electron chi connectivity index (χ1n) is 12.6. The summed E-state index contributed by atoms with van der Waals surface area (Å²) in [5, 5.41) is 20.0. The predicted octanol–water partition coefficient (Wildman–Crippen LogP) is 3.70. The smallest absolute Gasteiger partial charge is 0.270 e. The van der Waals surface area contributed by atoms with Gasteiger partial charge in [-0.05, 0) is 47.0 Å². The molecule has 1 atom stereocenters. The molecule has 0 bridgehead atoms. The van der Waals surface area contributed by atoms with Gasteiger partial charge in [0.2, 0.25) is 0 Å². The van der Waals surface area contributed by atoms with Crippen LogP contribution in [0.5, 0.6) is 5.75 Å². The fraction of sp³-hybridized carbons (Fsp3) is 0.370. The number of fused-ring (bicyclic) bond motifs is 1. The molecule has 4 aromatic rings. The average Bonchev–Trinajstić information content (AvgIpc) is 3.65. The molecule has 11 heteroatoms. The van der Waals surface area contributed by atoms with Crippen LogP contribution in [-0.2, 0) is 11.8 Å². The number of nitrogens with zero attached hydrogens (tertiary/aromatic N) is 7. The Hall–Kier alpha value is -3.75. The first kappa shape index (κ1) is 24.6. The van der Waals surface area contributed by atoms with Gasteiger partial charge in [-0.3, -0.25) is 9.78 Å². The predicted molar refractivity (Wildman–Crippen MR) is 145 cm³/mol. The molecule has 2 aliphatic rings. The highest BCUT2D eigenvalue weighted by molar-refractivity contribution is 9.10. The second-order valence-electron chi connectivity index (χ2n) is 9.63. The summed E-state index contributed by atoms with van der Waals surface area (Å²) in [6.45, 7) is 2.61. The Morgan fingerprint density at radius 2 is 2.05 bits per heavy atom. The Morgan fingerprint density at radius 1 is 1.21 bits per heavy atom. The van der Waals surface area contributed by atoms with Crippen LogP contribution in [-0.4, -0.2) is 57.0 Å². The number of nitriles is 1. The minimum absolute atomic E-state index is 0.0197. The van der Waals surface area contributed by atoms with Gasteiger partial charge in [0.1, 0.15) is 29.2 Å². The van der Waals surface area contributed by atoms with Crippen LogP contribution in [0.2, 0.25) is 0 Å². The lowest BCUT2D eigenvalue weighted by Gasteiger charge is -2.34. The molecule has 1 unspecified atom stereocenters. The molecule has 0 saturated carbocycles. The number of ether oxygens (including phenoxy) is 2. The molecular weight excluding hydrogens is 550 g/mol. The first-order valence-corrected chi connectivity index (χ1v) is 13.4. The molecule has 2 saturated heterocycles. The number of hydrogen-bond acceptors (Lipinski definition) is 8. The van der Waals surface area contributed by atoms with Crippen molar-refractivity contribution >= 4 is 32.5 Å². The fourth-order valence-corrected chi connectivity index (χ4v) is 5.72. The van der Waals surface area contributed by atoms with Gasteiger partial charge in [-0.1, -0.05) is 0 Å². The molecule has 0 aliphatic carbocycles. The highest BCUT2D eigenvalue weighted by Crippen LogP contribution is 2.39. The summed E-state index contributed by atoms with van der Waals surface area (Å²) >= 11 is 3.66. The van der Waals surface area contributed by atoms with Crippen LogP contribution in [0.15, 0.2) is 52.1 Å². The standard InChI is InChI=1S/C27H26BrN7O3/c1-33-24-12-25(38-19-6-10-37-16-19)22(28)11-20(24)26(21(13-29)27(33)36)34-8-4-17(5-9-34)23-15-31-35(32-23)18-3-2-7-30-14-18/h2-3,7,11-12,14-15,17,19H,4-6,8-10,16H2,1H3. The van der Waals surface area contributed by atoms with Crippen LogP contribution in [0, 0.1) is 11.3 Å². The zero-order valence-corrected chi connectivity index (χ0v) is 22.5. The molecule has 3 aromatic heterocycles. The van der Waals surface area contributed by atoms with E-state index in [-0.39, 0.29) is 23.1 Å². The number of halogens is 1. The Labute approximate surface area is 227 Å². The molecule has 38 heavy (non-hydrogen) atoms. The highest BCUT2D eigenvalue weighted by Gasteiger charge is 2.28. The van der Waals surface area contributed by atoms with Crippen molar-refractivity contribution in [2.45, 2.75) is 31.3 Å². The van der Waals surface area contributed by atoms with Gasteiger partial charge in [0, 0.05) is 50.1 Å². The fourth-order valence-electron chi connectivity index (χ4n) is 5.29. The Bertz CT molecular complexity index is 1580. The van der Waals surface area contributed by atoms with Gasteiger partial charge in [0.25, 0.3) is 5.56 Å². The van der Waals surface area contributed by atoms with Crippen LogP contribution in [0.25, 0.3) is 16.6 Å². The lowest BCUT2D eigenvalue weighted by molar-refractivity contribution is 0.141. The maximum absolute atomic E-state index is 13.3. The average molecular weight is 576 g/mol. The van der Waals surface area contributed by atoms with Crippen LogP contribution in [0.3, 0.4) is 0 Å². The molecule has 0 radical (unpaired) electrons. The van der Waals surface area contributed by atoms with E-state index in [9.17, 15) is 10.1 Å². The van der Waals surface area contributed by atoms with E-state index < -0.39 is 0 Å². The maximum Gasteiger partial charge on any atom is 0.270 e. The molecular formula is C27H26BrN7O3. The molecule has 0 spiro atoms. The van der Waals surface area contributed by atoms with Gasteiger partial charge < -0.3 is 18.9 Å². The van der Waals surface area contributed by atoms with Crippen molar-refractivity contribution in [1.82, 2.24) is 24.5 Å². The number of piperidine rings is 1. The van der Waals surface area contributed by atoms with Crippen molar-refractivity contribution in [3.8, 4) is 17.5 Å². The third kappa shape index (κ3) is 4.44. The van der Waals surface area contributed by atoms with E-state index in [4.69, 9.17) is 9.47 Å². The zero-order chi connectivity index (χ0) is 26.2. The van der Waals surface area contributed by atoms with Gasteiger partial charge in [-0.25, -0.2) is 0 Å². The third-order valence-electron chi connectivity index (χ3n) is 7.33. The molecule has 194 valence electrons. The van der Waals surface area contributed by atoms with Gasteiger partial charge >= 0.3 is 0 Å². The summed E-state index contributed by atoms with van der Waals surface area (Å²) in [5.41, 5.74) is 3.00. The zero-order valence-electron chi connectivity index (χ0n) is 20.9. The summed E-state index contributed by atoms with van der Waals surface area (Å²) in [5.74, 6) is 0.898. The second kappa shape index (κ2) is 10.2. The minimum Gasteiger partial charge on any atom is -0.487 e. The summed E-state index contributed by atoms with van der Waals surface area (Å²) in [7, 11) is 1.70. The molecule has 1 aromatic carbocycles. The van der Waals surface area contributed by atoms with Gasteiger partial charge in [0.15, 0.2) is 0 Å². The Morgan fingerprint density at radius 3 is 2.76 bits per heavy atom. The maximum atomic E-state index is 13.3. The van der Waals surface area contributed by atoms with E-state index in [1.807, 2.05) is 30.5 Å². The Kier molecular flexibility index (Phi) is 6.59. The van der Waals surface area contributed by atoms with Crippen molar-refractivity contribution in [2.75, 3.05) is 31.2 Å². The number of rotatable bonds is 5. The van der Waals surface area contributed by atoms with E-state index in [1.165, 1.54) is 4.57 Å². The number of pyridine rings is 2. The van der Waals surface area contributed by atoms with E-state index in [1.54, 1.807) is 24.2 Å². The minimum atomic E-state index is -0.311. The number of anilines is 1. The van der Waals surface area contributed by atoms with E-state index in [2.05, 4.69) is 42.1 Å². The summed E-state index contributed by atoms with van der Waals surface area (Å²) < 4.78 is 13.9. The topological polar surface area (TPSA) is 111 Å². The molecule has 2 aliphatic heterocycles. The molecule has 2 fully saturated rings. The SMILES string of the molecule is Cn1c(=O)c(C#N)c(N2CCC(c3cnn(-c4cccnc4)n3)CC2)c2cc(Br)c(OC3CCOC3)cc21. The lowest BCUT2D eigenvalue weighted by atomic mass is 9.93. The van der Waals surface area contributed by atoms with Crippen LogP contribution >= 0.6 is 15.9 Å². The first-order chi connectivity index (χ1) is 18.5. The highest BCUT2D eigenvalue weighted by atomic mass is 79.9. The van der Waals surface area contributed by atoms with Gasteiger partial charge in [0.05, 0.1) is 47.0 Å². The molecule has 0 N–H and O–H groups in total. The van der Waals surface area contributed by atoms with E-state index >= 15 is 0 Å². The number of hydrogen-bond donors (Lipinski definition) is 0. The lowest BCUT2D eigenvalue weighted by Crippen LogP contribution is -2.36. The summed E-state index contributed by atoms with van der Waals surface area (Å²) in [4.78, 5) is 21.2. The quantitative estimate of drug-likeness (QED) is 0.354. The monoisotopic (exact) mass is 575 g/mol. The second-order valence-corrected chi connectivity index (χ2v) is 10.5. The summed E-state index contributed by atoms with van der Waals surface area (Å²) in [6.07, 6.45) is 7.73. The van der Waals surface area contributed by atoms with Crippen molar-refractivity contribution in [1.29, 1.82) is 5.26 Å². The Balaban J connectivity index is 1.30. The largest absolute Gasteiger partial charge is 0.487 e. The van der Waals surface area contributed by atoms with Crippen molar-refractivity contribution in [2.24, 2.45) is 7.05 Å². The van der Waals surface area contributed by atoms with Crippen molar-refractivity contribution < 1.29 is 9.47 Å². The van der Waals surface area contributed by atoms with E-state index in [0.717, 1.165) is 46.0 Å². The van der Waals surface area contributed by atoms with Crippen LogP contribution in [0.1, 0.15) is 36.4 Å². The molecule has 6 rings (SSSR count).